The Balaban J connectivity index is 1.57. The summed E-state index contributed by atoms with van der Waals surface area (Å²) >= 11 is 2.87. The summed E-state index contributed by atoms with van der Waals surface area (Å²) in [5.74, 6) is -2.26. The van der Waals surface area contributed by atoms with E-state index in [4.69, 9.17) is 5.11 Å². The quantitative estimate of drug-likeness (QED) is 0.729. The van der Waals surface area contributed by atoms with Crippen molar-refractivity contribution >= 4 is 40.9 Å². The molecule has 6 atom stereocenters. The number of nitrogens with one attached hydrogen (secondary N) is 1. The molecule has 3 fully saturated rings. The molecule has 3 heterocycles. The molecule has 2 aliphatic carbocycles. The van der Waals surface area contributed by atoms with E-state index < -0.39 is 24.3 Å². The second-order valence-corrected chi connectivity index (χ2v) is 10.4. The molecule has 2 bridgehead atoms. The molecular weight excluding hydrogens is 376 g/mol. The highest BCUT2D eigenvalue weighted by molar-refractivity contribution is 8.00. The second kappa shape index (κ2) is 5.01. The predicted molar refractivity (Wildman–Crippen MR) is 94.0 cm³/mol. The van der Waals surface area contributed by atoms with E-state index in [-0.39, 0.29) is 45.1 Å². The summed E-state index contributed by atoms with van der Waals surface area (Å²) in [4.78, 5) is 53.4. The van der Waals surface area contributed by atoms with E-state index in [2.05, 4.69) is 18.8 Å². The Kier molecular flexibility index (Phi) is 3.19. The number of carboxylic acid groups (broad SMARTS) is 1. The fraction of sp³-hybridized carbons (Fsp3) is 0.647. The van der Waals surface area contributed by atoms with E-state index in [0.717, 1.165) is 21.2 Å². The fourth-order valence-electron chi connectivity index (χ4n) is 6.01. The Bertz CT molecular complexity index is 918. The van der Waals surface area contributed by atoms with Gasteiger partial charge in [-0.25, -0.2) is 0 Å². The fourth-order valence-corrected chi connectivity index (χ4v) is 9.16. The number of thioether (sulfide) groups is 1. The van der Waals surface area contributed by atoms with Crippen molar-refractivity contribution in [3.63, 3.8) is 0 Å². The minimum atomic E-state index is -1.16. The molecule has 2 aliphatic heterocycles. The summed E-state index contributed by atoms with van der Waals surface area (Å²) in [5.41, 5.74) is -0.247. The number of imide groups is 1. The van der Waals surface area contributed by atoms with Crippen LogP contribution in [0.3, 0.4) is 0 Å². The van der Waals surface area contributed by atoms with Gasteiger partial charge in [0.15, 0.2) is 0 Å². The zero-order valence-corrected chi connectivity index (χ0v) is 15.9. The van der Waals surface area contributed by atoms with Crippen molar-refractivity contribution in [3.05, 3.63) is 14.5 Å². The largest absolute Gasteiger partial charge is 0.480 e. The van der Waals surface area contributed by atoms with Crippen LogP contribution in [-0.2, 0) is 19.8 Å². The third kappa shape index (κ3) is 1.85. The Morgan fingerprint density at radius 1 is 1.23 bits per heavy atom. The highest BCUT2D eigenvalue weighted by atomic mass is 32.2. The van der Waals surface area contributed by atoms with Crippen LogP contribution in [0.2, 0.25) is 0 Å². The number of H-pyrrole nitrogens is 1. The Hall–Kier alpha value is -1.61. The average Bonchev–Trinajstić information content (AvgIpc) is 3.25. The molecule has 5 rings (SSSR count). The monoisotopic (exact) mass is 394 g/mol. The lowest BCUT2D eigenvalue weighted by atomic mass is 9.64. The lowest BCUT2D eigenvalue weighted by Crippen LogP contribution is -2.48. The van der Waals surface area contributed by atoms with Gasteiger partial charge in [0, 0.05) is 15.5 Å². The van der Waals surface area contributed by atoms with E-state index in [1.807, 2.05) is 0 Å². The maximum absolute atomic E-state index is 12.8. The van der Waals surface area contributed by atoms with E-state index in [0.29, 0.717) is 0 Å². The average molecular weight is 394 g/mol. The first kappa shape index (κ1) is 16.6. The third-order valence-corrected chi connectivity index (χ3v) is 9.58. The minimum absolute atomic E-state index is 0.0612. The van der Waals surface area contributed by atoms with Crippen molar-refractivity contribution in [1.82, 2.24) is 9.88 Å². The van der Waals surface area contributed by atoms with Crippen LogP contribution in [-0.4, -0.2) is 44.6 Å². The smallest absolute Gasteiger partial charge is 0.323 e. The van der Waals surface area contributed by atoms with Crippen LogP contribution < -0.4 is 4.87 Å². The minimum Gasteiger partial charge on any atom is -0.480 e. The number of aromatic nitrogens is 1. The number of amides is 2. The molecule has 0 aromatic carbocycles. The van der Waals surface area contributed by atoms with Crippen molar-refractivity contribution in [1.29, 1.82) is 0 Å². The topological polar surface area (TPSA) is 108 Å². The number of nitrogens with zero attached hydrogens (tertiary/aromatic N) is 1. The normalized spacial score (nSPS) is 39.1. The van der Waals surface area contributed by atoms with Gasteiger partial charge in [-0.2, -0.15) is 0 Å². The molecular formula is C17H18N2O5S2. The summed E-state index contributed by atoms with van der Waals surface area (Å²) < 4.78 is 0. The van der Waals surface area contributed by atoms with Crippen LogP contribution in [0.5, 0.6) is 0 Å². The lowest BCUT2D eigenvalue weighted by molar-refractivity contribution is -0.149. The molecule has 0 unspecified atom stereocenters. The van der Waals surface area contributed by atoms with Crippen molar-refractivity contribution in [2.24, 2.45) is 29.6 Å². The first-order valence-electron chi connectivity index (χ1n) is 8.69. The van der Waals surface area contributed by atoms with Gasteiger partial charge >= 0.3 is 10.8 Å². The van der Waals surface area contributed by atoms with Gasteiger partial charge in [-0.05, 0) is 24.2 Å². The zero-order valence-electron chi connectivity index (χ0n) is 14.2. The van der Waals surface area contributed by atoms with Gasteiger partial charge in [0.1, 0.15) is 6.54 Å². The van der Waals surface area contributed by atoms with E-state index in [1.165, 1.54) is 11.3 Å². The van der Waals surface area contributed by atoms with Gasteiger partial charge in [-0.1, -0.05) is 25.2 Å². The van der Waals surface area contributed by atoms with E-state index >= 15 is 0 Å². The van der Waals surface area contributed by atoms with Crippen molar-refractivity contribution in [3.8, 4) is 0 Å². The van der Waals surface area contributed by atoms with Gasteiger partial charge in [-0.3, -0.25) is 24.1 Å². The summed E-state index contributed by atoms with van der Waals surface area (Å²) in [7, 11) is 0. The molecule has 9 heteroatoms. The standard InChI is InChI=1S/C17H18N2O5S2/c1-17(2)10-5-3-6(11(10)25-13-12(17)26-16(24)18-13)9-8(5)14(22)19(15(9)23)4-7(20)21/h5-6,8-11H,3-4H2,1-2H3,(H,18,24)(H,20,21)/t5-,6-,8-,9-,10+,11-/m1/s1. The van der Waals surface area contributed by atoms with Gasteiger partial charge in [0.2, 0.25) is 11.8 Å². The van der Waals surface area contributed by atoms with Crippen LogP contribution in [0.15, 0.2) is 9.82 Å². The molecule has 1 aromatic rings. The number of hydrogen-bond acceptors (Lipinski definition) is 6. The number of aliphatic carboxylic acids is 1. The van der Waals surface area contributed by atoms with Crippen molar-refractivity contribution in [2.45, 2.75) is 36.0 Å². The number of thiazole rings is 1. The number of rotatable bonds is 2. The first-order valence-corrected chi connectivity index (χ1v) is 10.4. The number of carbonyl (C=O) groups is 3. The van der Waals surface area contributed by atoms with Crippen LogP contribution in [0.4, 0.5) is 0 Å². The first-order chi connectivity index (χ1) is 12.2. The van der Waals surface area contributed by atoms with Crippen LogP contribution >= 0.6 is 23.1 Å². The Morgan fingerprint density at radius 3 is 2.54 bits per heavy atom. The second-order valence-electron chi connectivity index (χ2n) is 8.27. The number of hydrogen-bond donors (Lipinski definition) is 2. The molecule has 0 radical (unpaired) electrons. The van der Waals surface area contributed by atoms with Gasteiger partial charge in [0.25, 0.3) is 0 Å². The molecule has 0 spiro atoms. The summed E-state index contributed by atoms with van der Waals surface area (Å²) in [5, 5.41) is 10.1. The number of carboxylic acids is 1. The molecule has 4 aliphatic rings. The molecule has 26 heavy (non-hydrogen) atoms. The molecule has 2 amide bonds. The number of likely N-dealkylation sites (tertiary alicyclic amines) is 1. The Morgan fingerprint density at radius 2 is 1.88 bits per heavy atom. The molecule has 1 aromatic heterocycles. The molecule has 1 saturated heterocycles. The van der Waals surface area contributed by atoms with Crippen LogP contribution in [0.1, 0.15) is 25.1 Å². The van der Waals surface area contributed by atoms with Crippen LogP contribution in [0, 0.1) is 29.6 Å². The maximum Gasteiger partial charge on any atom is 0.323 e. The number of aromatic amines is 1. The summed E-state index contributed by atoms with van der Waals surface area (Å²) in [6.45, 7) is 3.70. The highest BCUT2D eigenvalue weighted by Gasteiger charge is 2.70. The SMILES string of the molecule is CC1(C)c2sc(=O)[nH]c2S[C@@H]2[C@@H]3C[C@H]([C@H]4C(=O)N(CC(=O)O)C(=O)[C@H]34)[C@@H]21. The van der Waals surface area contributed by atoms with Gasteiger partial charge < -0.3 is 10.1 Å². The summed E-state index contributed by atoms with van der Waals surface area (Å²) in [6.07, 6.45) is 0.832. The van der Waals surface area contributed by atoms with E-state index in [9.17, 15) is 19.2 Å². The maximum atomic E-state index is 12.8. The Labute approximate surface area is 157 Å². The highest BCUT2D eigenvalue weighted by Crippen LogP contribution is 2.68. The molecule has 2 N–H and O–H groups in total. The number of fused-ring (bicyclic) bond motifs is 9. The van der Waals surface area contributed by atoms with Gasteiger partial charge in [0.05, 0.1) is 16.9 Å². The molecule has 2 saturated carbocycles. The number of carbonyl (C=O) groups excluding carboxylic acids is 2. The van der Waals surface area contributed by atoms with Crippen LogP contribution in [0.25, 0.3) is 0 Å². The predicted octanol–water partition coefficient (Wildman–Crippen LogP) is 1.14. The lowest BCUT2D eigenvalue weighted by Gasteiger charge is -2.47. The molecule has 7 nitrogen and oxygen atoms in total. The van der Waals surface area contributed by atoms with Crippen molar-refractivity contribution < 1.29 is 19.5 Å². The summed E-state index contributed by atoms with van der Waals surface area (Å²) in [6, 6.07) is 0. The molecule has 138 valence electrons. The van der Waals surface area contributed by atoms with Crippen molar-refractivity contribution in [2.75, 3.05) is 6.54 Å². The third-order valence-electron chi connectivity index (χ3n) is 6.78. The zero-order chi connectivity index (χ0) is 18.5. The van der Waals surface area contributed by atoms with Gasteiger partial charge in [-0.15, -0.1) is 11.8 Å². The van der Waals surface area contributed by atoms with E-state index in [1.54, 1.807) is 11.8 Å².